The van der Waals surface area contributed by atoms with Crippen molar-refractivity contribution in [3.63, 3.8) is 0 Å². The van der Waals surface area contributed by atoms with Crippen molar-refractivity contribution in [1.29, 1.82) is 0 Å². The number of para-hydroxylation sites is 3. The van der Waals surface area contributed by atoms with E-state index in [1.165, 1.54) is 10.4 Å². The summed E-state index contributed by atoms with van der Waals surface area (Å²) in [6.45, 7) is 3.36. The molecule has 1 fully saturated rings. The Bertz CT molecular complexity index is 1500. The second-order valence-electron chi connectivity index (χ2n) is 8.50. The van der Waals surface area contributed by atoms with Crippen LogP contribution in [0.2, 0.25) is 0 Å². The van der Waals surface area contributed by atoms with Crippen LogP contribution in [0.15, 0.2) is 95.9 Å². The maximum absolute atomic E-state index is 13.3. The fraction of sp³-hybridized carbons (Fsp3) is 0.148. The zero-order valence-electron chi connectivity index (χ0n) is 18.7. The van der Waals surface area contributed by atoms with Crippen LogP contribution in [0.25, 0.3) is 27.8 Å². The van der Waals surface area contributed by atoms with E-state index in [4.69, 9.17) is 7.49 Å². The molecule has 0 unspecified atom stereocenters. The SMILES string of the molecule is [B]=C(N1CCN(c2ccccc2)CC1)n1cc2c(=O)n(-c3ccccc3)nc-2c2ccccc21. The first-order valence-electron chi connectivity index (χ1n) is 11.5. The van der Waals surface area contributed by atoms with Crippen LogP contribution >= 0.6 is 0 Å². The summed E-state index contributed by atoms with van der Waals surface area (Å²) in [5.41, 5.74) is 4.60. The number of rotatable bonds is 4. The third-order valence-corrected chi connectivity index (χ3v) is 6.53. The molecule has 0 N–H and O–H groups in total. The Morgan fingerprint density at radius 1 is 0.765 bits per heavy atom. The molecule has 6 nitrogen and oxygen atoms in total. The van der Waals surface area contributed by atoms with Gasteiger partial charge < -0.3 is 0 Å². The van der Waals surface area contributed by atoms with Gasteiger partial charge in [-0.3, -0.25) is 0 Å². The van der Waals surface area contributed by atoms with Gasteiger partial charge in [0.1, 0.15) is 0 Å². The van der Waals surface area contributed by atoms with Crippen molar-refractivity contribution in [2.75, 3.05) is 31.1 Å². The predicted octanol–water partition coefficient (Wildman–Crippen LogP) is 3.22. The molecule has 0 bridgehead atoms. The third-order valence-electron chi connectivity index (χ3n) is 6.53. The Labute approximate surface area is 198 Å². The van der Waals surface area contributed by atoms with Gasteiger partial charge in [0.25, 0.3) is 0 Å². The topological polar surface area (TPSA) is 46.3 Å². The maximum atomic E-state index is 13.3. The number of fused-ring (bicyclic) bond motifs is 3. The zero-order chi connectivity index (χ0) is 23.1. The van der Waals surface area contributed by atoms with Crippen LogP contribution in [0, 0.1) is 0 Å². The van der Waals surface area contributed by atoms with Gasteiger partial charge in [-0.25, -0.2) is 0 Å². The monoisotopic (exact) mass is 444 g/mol. The van der Waals surface area contributed by atoms with Crippen LogP contribution in [0.3, 0.4) is 0 Å². The number of pyridine rings is 1. The third kappa shape index (κ3) is 3.41. The Balaban J connectivity index is 1.39. The molecule has 34 heavy (non-hydrogen) atoms. The standard InChI is InChI=1S/C27H23BN5O/c28-27(31-17-15-30(16-18-31)20-9-3-1-4-10-20)32-19-23-25(22-13-7-8-14-24(22)32)29-33(26(23)34)21-11-5-2-6-12-21/h1-14,19H,15-18H2. The molecular formula is C27H23BN5O. The summed E-state index contributed by atoms with van der Waals surface area (Å²) in [4.78, 5) is 17.9. The van der Waals surface area contributed by atoms with E-state index < -0.39 is 0 Å². The Kier molecular flexibility index (Phi) is 5.02. The van der Waals surface area contributed by atoms with Crippen molar-refractivity contribution in [3.05, 3.63) is 101 Å². The van der Waals surface area contributed by atoms with E-state index in [0.29, 0.717) is 17.0 Å². The van der Waals surface area contributed by atoms with Crippen molar-refractivity contribution in [1.82, 2.24) is 19.2 Å². The summed E-state index contributed by atoms with van der Waals surface area (Å²) in [6.07, 6.45) is 1.84. The number of hydrogen-bond donors (Lipinski definition) is 0. The average Bonchev–Trinajstić information content (AvgIpc) is 3.25. The Morgan fingerprint density at radius 3 is 2.09 bits per heavy atom. The first-order chi connectivity index (χ1) is 16.7. The van der Waals surface area contributed by atoms with Gasteiger partial charge >= 0.3 is 199 Å². The van der Waals surface area contributed by atoms with Crippen LogP contribution in [0.4, 0.5) is 5.69 Å². The molecule has 0 aromatic heterocycles. The Hall–Kier alpha value is -4.13. The van der Waals surface area contributed by atoms with E-state index in [1.807, 2.05) is 71.4 Å². The molecule has 0 atom stereocenters. The van der Waals surface area contributed by atoms with Crippen molar-refractivity contribution in [2.45, 2.75) is 0 Å². The first kappa shape index (κ1) is 20.5. The van der Waals surface area contributed by atoms with Crippen LogP contribution in [0.1, 0.15) is 0 Å². The van der Waals surface area contributed by atoms with Crippen molar-refractivity contribution >= 4 is 29.8 Å². The van der Waals surface area contributed by atoms with Gasteiger partial charge in [0.15, 0.2) is 0 Å². The predicted molar refractivity (Wildman–Crippen MR) is 138 cm³/mol. The molecule has 165 valence electrons. The van der Waals surface area contributed by atoms with Gasteiger partial charge in [-0.1, -0.05) is 0 Å². The fourth-order valence-electron chi connectivity index (χ4n) is 4.73. The van der Waals surface area contributed by atoms with E-state index in [-0.39, 0.29) is 5.56 Å². The number of piperazine rings is 1. The molecular weight excluding hydrogens is 421 g/mol. The van der Waals surface area contributed by atoms with Crippen LogP contribution < -0.4 is 10.5 Å². The molecule has 1 radical (unpaired) electrons. The summed E-state index contributed by atoms with van der Waals surface area (Å²) in [5.74, 6) is 0. The zero-order valence-corrected chi connectivity index (χ0v) is 18.7. The van der Waals surface area contributed by atoms with E-state index in [0.717, 1.165) is 42.8 Å². The van der Waals surface area contributed by atoms with Gasteiger partial charge in [0.05, 0.1) is 0 Å². The minimum absolute atomic E-state index is 0.151. The van der Waals surface area contributed by atoms with Gasteiger partial charge in [0, 0.05) is 0 Å². The van der Waals surface area contributed by atoms with Gasteiger partial charge in [-0.15, -0.1) is 0 Å². The number of hydrogen-bond acceptors (Lipinski definition) is 4. The molecule has 0 spiro atoms. The molecule has 1 saturated heterocycles. The first-order valence-corrected chi connectivity index (χ1v) is 11.5. The van der Waals surface area contributed by atoms with Gasteiger partial charge in [0.2, 0.25) is 0 Å². The molecule has 3 aliphatic rings. The summed E-state index contributed by atoms with van der Waals surface area (Å²) in [7, 11) is 6.74. The number of nitrogens with zero attached hydrogens (tertiary/aromatic N) is 5. The summed E-state index contributed by atoms with van der Waals surface area (Å²) in [6, 6.07) is 27.9. The second-order valence-corrected chi connectivity index (χ2v) is 8.50. The molecule has 0 aliphatic carbocycles. The number of aromatic nitrogens is 3. The van der Waals surface area contributed by atoms with Crippen LogP contribution in [-0.4, -0.2) is 58.6 Å². The van der Waals surface area contributed by atoms with E-state index >= 15 is 0 Å². The van der Waals surface area contributed by atoms with Crippen molar-refractivity contribution in [2.24, 2.45) is 0 Å². The molecule has 0 saturated carbocycles. The molecule has 3 heterocycles. The molecule has 6 rings (SSSR count). The van der Waals surface area contributed by atoms with E-state index in [2.05, 4.69) is 39.2 Å². The quantitative estimate of drug-likeness (QED) is 0.400. The van der Waals surface area contributed by atoms with Gasteiger partial charge in [-0.05, 0) is 0 Å². The van der Waals surface area contributed by atoms with E-state index in [9.17, 15) is 4.79 Å². The molecule has 3 aromatic carbocycles. The number of benzene rings is 3. The molecule has 0 amide bonds. The Morgan fingerprint density at radius 2 is 1.38 bits per heavy atom. The second kappa shape index (κ2) is 8.34. The van der Waals surface area contributed by atoms with Gasteiger partial charge in [-0.2, -0.15) is 0 Å². The van der Waals surface area contributed by atoms with E-state index in [1.54, 1.807) is 0 Å². The molecule has 3 aromatic rings. The normalized spacial score (nSPS) is 14.1. The summed E-state index contributed by atoms with van der Waals surface area (Å²) >= 11 is 0. The summed E-state index contributed by atoms with van der Waals surface area (Å²) < 4.78 is 3.41. The van der Waals surface area contributed by atoms with Crippen molar-refractivity contribution in [3.8, 4) is 16.9 Å². The number of anilines is 1. The van der Waals surface area contributed by atoms with Crippen LogP contribution in [-0.2, 0) is 0 Å². The molecule has 3 aliphatic heterocycles. The summed E-state index contributed by atoms with van der Waals surface area (Å²) in [5, 5.41) is 5.59. The fourth-order valence-corrected chi connectivity index (χ4v) is 4.73. The minimum atomic E-state index is -0.151. The molecule has 7 heteroatoms. The van der Waals surface area contributed by atoms with Crippen LogP contribution in [0.5, 0.6) is 0 Å². The average molecular weight is 444 g/mol. The van der Waals surface area contributed by atoms with Crippen molar-refractivity contribution < 1.29 is 0 Å².